The Morgan fingerprint density at radius 1 is 1.32 bits per heavy atom. The fourth-order valence-electron chi connectivity index (χ4n) is 2.28. The van der Waals surface area contributed by atoms with Gasteiger partial charge in [0.05, 0.1) is 5.56 Å². The van der Waals surface area contributed by atoms with E-state index >= 15 is 0 Å². The molecule has 2 aromatic rings. The number of anilines is 1. The van der Waals surface area contributed by atoms with Crippen LogP contribution in [0.15, 0.2) is 41.9 Å². The molecule has 1 aliphatic rings. The fraction of sp³-hybridized carbons (Fsp3) is 0.200. The lowest BCUT2D eigenvalue weighted by Crippen LogP contribution is -2.29. The van der Waals surface area contributed by atoms with Gasteiger partial charge in [-0.15, -0.1) is 11.3 Å². The molecule has 2 aromatic heterocycles. The van der Waals surface area contributed by atoms with Crippen molar-refractivity contribution in [2.24, 2.45) is 0 Å². The molecule has 94 valence electrons. The van der Waals surface area contributed by atoms with Crippen molar-refractivity contribution in [1.29, 1.82) is 5.26 Å². The van der Waals surface area contributed by atoms with Gasteiger partial charge in [-0.1, -0.05) is 12.1 Å². The van der Waals surface area contributed by atoms with Crippen molar-refractivity contribution in [2.45, 2.75) is 6.42 Å². The Morgan fingerprint density at radius 2 is 2.26 bits per heavy atom. The second-order valence-electron chi connectivity index (χ2n) is 4.39. The molecular weight excluding hydrogens is 254 g/mol. The van der Waals surface area contributed by atoms with Crippen molar-refractivity contribution in [3.63, 3.8) is 0 Å². The van der Waals surface area contributed by atoms with Crippen molar-refractivity contribution >= 4 is 22.7 Å². The average molecular weight is 267 g/mol. The Labute approximate surface area is 116 Å². The van der Waals surface area contributed by atoms with Crippen molar-refractivity contribution in [3.8, 4) is 6.07 Å². The van der Waals surface area contributed by atoms with E-state index in [0.29, 0.717) is 5.56 Å². The predicted octanol–water partition coefficient (Wildman–Crippen LogP) is 3.31. The molecule has 0 saturated heterocycles. The highest BCUT2D eigenvalue weighted by molar-refractivity contribution is 7.11. The third-order valence-corrected chi connectivity index (χ3v) is 4.20. The van der Waals surface area contributed by atoms with E-state index in [9.17, 15) is 0 Å². The summed E-state index contributed by atoms with van der Waals surface area (Å²) in [6.45, 7) is 1.73. The SMILES string of the molecule is N#Cc1cccnc1N1CC=C(c2cccs2)CC1. The Kier molecular flexibility index (Phi) is 3.30. The first kappa shape index (κ1) is 11.9. The smallest absolute Gasteiger partial charge is 0.146 e. The van der Waals surface area contributed by atoms with Crippen LogP contribution >= 0.6 is 11.3 Å². The molecule has 0 saturated carbocycles. The van der Waals surface area contributed by atoms with E-state index in [1.165, 1.54) is 10.5 Å². The minimum absolute atomic E-state index is 0.649. The number of aromatic nitrogens is 1. The predicted molar refractivity (Wildman–Crippen MR) is 78.1 cm³/mol. The molecule has 3 heterocycles. The van der Waals surface area contributed by atoms with Crippen LogP contribution in [0.3, 0.4) is 0 Å². The van der Waals surface area contributed by atoms with Gasteiger partial charge in [-0.25, -0.2) is 4.98 Å². The maximum atomic E-state index is 9.12. The van der Waals surface area contributed by atoms with Crippen molar-refractivity contribution < 1.29 is 0 Å². The van der Waals surface area contributed by atoms with Crippen LogP contribution in [-0.4, -0.2) is 18.1 Å². The van der Waals surface area contributed by atoms with Gasteiger partial charge in [-0.3, -0.25) is 0 Å². The van der Waals surface area contributed by atoms with Gasteiger partial charge < -0.3 is 4.90 Å². The van der Waals surface area contributed by atoms with Gasteiger partial charge in [0.2, 0.25) is 0 Å². The lowest BCUT2D eigenvalue weighted by molar-refractivity contribution is 0.816. The molecule has 0 amide bonds. The zero-order valence-electron chi connectivity index (χ0n) is 10.4. The number of thiophene rings is 1. The number of rotatable bonds is 2. The number of pyridine rings is 1. The first-order chi connectivity index (χ1) is 9.38. The minimum atomic E-state index is 0.649. The first-order valence-electron chi connectivity index (χ1n) is 6.21. The monoisotopic (exact) mass is 267 g/mol. The largest absolute Gasteiger partial charge is 0.351 e. The highest BCUT2D eigenvalue weighted by Crippen LogP contribution is 2.28. The van der Waals surface area contributed by atoms with Gasteiger partial charge >= 0.3 is 0 Å². The summed E-state index contributed by atoms with van der Waals surface area (Å²) in [4.78, 5) is 7.85. The molecule has 3 nitrogen and oxygen atoms in total. The zero-order chi connectivity index (χ0) is 13.1. The topological polar surface area (TPSA) is 39.9 Å². The second kappa shape index (κ2) is 5.25. The van der Waals surface area contributed by atoms with Gasteiger partial charge in [0, 0.05) is 24.2 Å². The standard InChI is InChI=1S/C15H13N3S/c16-11-13-3-1-7-17-15(13)18-8-5-12(6-9-18)14-4-2-10-19-14/h1-5,7,10H,6,8-9H2. The molecule has 0 bridgehead atoms. The molecule has 0 N–H and O–H groups in total. The van der Waals surface area contributed by atoms with Crippen LogP contribution in [0.25, 0.3) is 5.57 Å². The summed E-state index contributed by atoms with van der Waals surface area (Å²) in [5, 5.41) is 11.2. The molecule has 19 heavy (non-hydrogen) atoms. The maximum absolute atomic E-state index is 9.12. The van der Waals surface area contributed by atoms with Crippen LogP contribution in [0.1, 0.15) is 16.9 Å². The number of hydrogen-bond acceptors (Lipinski definition) is 4. The van der Waals surface area contributed by atoms with Gasteiger partial charge in [0.15, 0.2) is 0 Å². The van der Waals surface area contributed by atoms with Crippen LogP contribution in [0.4, 0.5) is 5.82 Å². The molecule has 0 spiro atoms. The van der Waals surface area contributed by atoms with E-state index in [0.717, 1.165) is 25.3 Å². The molecule has 0 aromatic carbocycles. The lowest BCUT2D eigenvalue weighted by Gasteiger charge is -2.27. The Balaban J connectivity index is 1.82. The Hall–Kier alpha value is -2.12. The second-order valence-corrected chi connectivity index (χ2v) is 5.34. The number of hydrogen-bond donors (Lipinski definition) is 0. The molecule has 3 rings (SSSR count). The minimum Gasteiger partial charge on any atom is -0.351 e. The van der Waals surface area contributed by atoms with Gasteiger partial charge in [-0.05, 0) is 35.6 Å². The summed E-state index contributed by atoms with van der Waals surface area (Å²) in [5.74, 6) is 0.798. The lowest BCUT2D eigenvalue weighted by atomic mass is 10.1. The van der Waals surface area contributed by atoms with E-state index in [-0.39, 0.29) is 0 Å². The van der Waals surface area contributed by atoms with E-state index in [1.54, 1.807) is 23.6 Å². The molecule has 0 radical (unpaired) electrons. The van der Waals surface area contributed by atoms with Crippen LogP contribution < -0.4 is 4.90 Å². The van der Waals surface area contributed by atoms with E-state index in [1.807, 2.05) is 6.07 Å². The molecule has 4 heteroatoms. The summed E-state index contributed by atoms with van der Waals surface area (Å²) < 4.78 is 0. The Bertz CT molecular complexity index is 638. The normalized spacial score (nSPS) is 14.9. The van der Waals surface area contributed by atoms with Crippen molar-refractivity contribution in [2.75, 3.05) is 18.0 Å². The molecular formula is C15H13N3S. The third-order valence-electron chi connectivity index (χ3n) is 3.25. The van der Waals surface area contributed by atoms with E-state index in [2.05, 4.69) is 39.5 Å². The van der Waals surface area contributed by atoms with Crippen LogP contribution in [0.2, 0.25) is 0 Å². The van der Waals surface area contributed by atoms with Crippen molar-refractivity contribution in [1.82, 2.24) is 4.98 Å². The molecule has 0 unspecified atom stereocenters. The first-order valence-corrected chi connectivity index (χ1v) is 7.09. The van der Waals surface area contributed by atoms with Crippen molar-refractivity contribution in [3.05, 3.63) is 52.4 Å². The summed E-state index contributed by atoms with van der Waals surface area (Å²) >= 11 is 1.78. The zero-order valence-corrected chi connectivity index (χ0v) is 11.2. The highest BCUT2D eigenvalue weighted by atomic mass is 32.1. The quantitative estimate of drug-likeness (QED) is 0.838. The number of nitrogens with zero attached hydrogens (tertiary/aromatic N) is 3. The van der Waals surface area contributed by atoms with Crippen LogP contribution in [0.5, 0.6) is 0 Å². The van der Waals surface area contributed by atoms with E-state index in [4.69, 9.17) is 5.26 Å². The van der Waals surface area contributed by atoms with Crippen LogP contribution in [0, 0.1) is 11.3 Å². The third kappa shape index (κ3) is 2.38. The van der Waals surface area contributed by atoms with Crippen LogP contribution in [-0.2, 0) is 0 Å². The Morgan fingerprint density at radius 3 is 2.95 bits per heavy atom. The summed E-state index contributed by atoms with van der Waals surface area (Å²) in [7, 11) is 0. The maximum Gasteiger partial charge on any atom is 0.146 e. The van der Waals surface area contributed by atoms with E-state index < -0.39 is 0 Å². The molecule has 1 aliphatic heterocycles. The summed E-state index contributed by atoms with van der Waals surface area (Å²) in [5.41, 5.74) is 2.05. The van der Waals surface area contributed by atoms with Gasteiger partial charge in [0.25, 0.3) is 0 Å². The van der Waals surface area contributed by atoms with Gasteiger partial charge in [-0.2, -0.15) is 5.26 Å². The molecule has 0 fully saturated rings. The number of nitriles is 1. The average Bonchev–Trinajstić information content (AvgIpc) is 3.02. The summed E-state index contributed by atoms with van der Waals surface area (Å²) in [6, 6.07) is 10.1. The molecule has 0 aliphatic carbocycles. The molecule has 0 atom stereocenters. The highest BCUT2D eigenvalue weighted by Gasteiger charge is 2.17. The van der Waals surface area contributed by atoms with Gasteiger partial charge in [0.1, 0.15) is 11.9 Å². The fourth-order valence-corrected chi connectivity index (χ4v) is 3.08. The summed E-state index contributed by atoms with van der Waals surface area (Å²) in [6.07, 6.45) is 4.99.